The minimum Gasteiger partial charge on any atom is -0.381 e. The molecular formula is C9H16O. The van der Waals surface area contributed by atoms with Gasteiger partial charge in [0, 0.05) is 13.2 Å². The number of hydrogen-bond acceptors (Lipinski definition) is 1. The summed E-state index contributed by atoms with van der Waals surface area (Å²) in [6.07, 6.45) is 4.27. The molecule has 0 amide bonds. The summed E-state index contributed by atoms with van der Waals surface area (Å²) < 4.78 is 5.49. The summed E-state index contributed by atoms with van der Waals surface area (Å²) in [6, 6.07) is 0. The van der Waals surface area contributed by atoms with Crippen LogP contribution in [-0.4, -0.2) is 13.2 Å². The monoisotopic (exact) mass is 140 g/mol. The van der Waals surface area contributed by atoms with Crippen LogP contribution >= 0.6 is 0 Å². The summed E-state index contributed by atoms with van der Waals surface area (Å²) >= 11 is 0. The van der Waals surface area contributed by atoms with E-state index in [1.165, 1.54) is 19.3 Å². The van der Waals surface area contributed by atoms with Crippen molar-refractivity contribution >= 4 is 0 Å². The van der Waals surface area contributed by atoms with Gasteiger partial charge < -0.3 is 4.74 Å². The Morgan fingerprint density at radius 2 is 2.20 bits per heavy atom. The van der Waals surface area contributed by atoms with Gasteiger partial charge in [-0.15, -0.1) is 0 Å². The van der Waals surface area contributed by atoms with Crippen molar-refractivity contribution < 1.29 is 4.74 Å². The summed E-state index contributed by atoms with van der Waals surface area (Å²) in [6.45, 7) is 4.41. The molecule has 2 rings (SSSR count). The first-order valence-electron chi connectivity index (χ1n) is 4.48. The number of rotatable bonds is 1. The molecule has 3 unspecified atom stereocenters. The van der Waals surface area contributed by atoms with Gasteiger partial charge in [-0.1, -0.05) is 13.3 Å². The van der Waals surface area contributed by atoms with Gasteiger partial charge in [-0.05, 0) is 30.6 Å². The first kappa shape index (κ1) is 6.66. The molecule has 0 aromatic carbocycles. The lowest BCUT2D eigenvalue weighted by Crippen LogP contribution is -2.19. The zero-order valence-electron chi connectivity index (χ0n) is 6.68. The molecule has 58 valence electrons. The van der Waals surface area contributed by atoms with E-state index >= 15 is 0 Å². The van der Waals surface area contributed by atoms with Gasteiger partial charge in [0.15, 0.2) is 0 Å². The minimum atomic E-state index is 0.920. The fraction of sp³-hybridized carbons (Fsp3) is 1.00. The van der Waals surface area contributed by atoms with E-state index in [1.54, 1.807) is 0 Å². The van der Waals surface area contributed by atoms with Crippen molar-refractivity contribution in [1.29, 1.82) is 0 Å². The van der Waals surface area contributed by atoms with Crippen molar-refractivity contribution in [3.63, 3.8) is 0 Å². The SMILES string of the molecule is CCC1CC2COCC1C2. The topological polar surface area (TPSA) is 9.23 Å². The third-order valence-corrected chi connectivity index (χ3v) is 3.15. The molecule has 1 nitrogen and oxygen atoms in total. The number of hydrogen-bond donors (Lipinski definition) is 0. The largest absolute Gasteiger partial charge is 0.381 e. The summed E-state index contributed by atoms with van der Waals surface area (Å²) in [5, 5.41) is 0. The predicted octanol–water partition coefficient (Wildman–Crippen LogP) is 2.07. The van der Waals surface area contributed by atoms with Crippen LogP contribution in [0.15, 0.2) is 0 Å². The highest BCUT2D eigenvalue weighted by molar-refractivity contribution is 4.85. The number of fused-ring (bicyclic) bond motifs is 2. The standard InChI is InChI=1S/C9H16O/c1-2-8-3-7-4-9(8)6-10-5-7/h7-9H,2-6H2,1H3. The molecule has 0 aromatic rings. The lowest BCUT2D eigenvalue weighted by molar-refractivity contribution is 0.0416. The Balaban J connectivity index is 2.01. The van der Waals surface area contributed by atoms with Crippen LogP contribution in [-0.2, 0) is 4.74 Å². The molecule has 2 fully saturated rings. The highest BCUT2D eigenvalue weighted by Crippen LogP contribution is 2.41. The summed E-state index contributed by atoms with van der Waals surface area (Å²) in [5.41, 5.74) is 0. The minimum absolute atomic E-state index is 0.920. The second-order valence-corrected chi connectivity index (χ2v) is 3.80. The van der Waals surface area contributed by atoms with Gasteiger partial charge in [0.25, 0.3) is 0 Å². The highest BCUT2D eigenvalue weighted by atomic mass is 16.5. The summed E-state index contributed by atoms with van der Waals surface area (Å²) in [4.78, 5) is 0. The average molecular weight is 140 g/mol. The lowest BCUT2D eigenvalue weighted by atomic mass is 9.95. The van der Waals surface area contributed by atoms with Crippen LogP contribution in [0.4, 0.5) is 0 Å². The van der Waals surface area contributed by atoms with Gasteiger partial charge >= 0.3 is 0 Å². The first-order valence-corrected chi connectivity index (χ1v) is 4.48. The third kappa shape index (κ3) is 0.968. The van der Waals surface area contributed by atoms with Crippen LogP contribution in [0.25, 0.3) is 0 Å². The molecule has 2 aliphatic rings. The van der Waals surface area contributed by atoms with E-state index in [-0.39, 0.29) is 0 Å². The summed E-state index contributed by atoms with van der Waals surface area (Å²) in [7, 11) is 0. The van der Waals surface area contributed by atoms with Crippen molar-refractivity contribution in [3.8, 4) is 0 Å². The van der Waals surface area contributed by atoms with E-state index in [9.17, 15) is 0 Å². The van der Waals surface area contributed by atoms with Crippen LogP contribution in [0.3, 0.4) is 0 Å². The Bertz CT molecular complexity index is 122. The van der Waals surface area contributed by atoms with Crippen molar-refractivity contribution in [2.75, 3.05) is 13.2 Å². The lowest BCUT2D eigenvalue weighted by Gasteiger charge is -2.20. The van der Waals surface area contributed by atoms with Gasteiger partial charge in [-0.25, -0.2) is 0 Å². The molecule has 1 saturated carbocycles. The molecule has 1 heteroatoms. The van der Waals surface area contributed by atoms with Crippen LogP contribution < -0.4 is 0 Å². The maximum atomic E-state index is 5.49. The molecule has 10 heavy (non-hydrogen) atoms. The molecule has 1 aliphatic heterocycles. The second kappa shape index (κ2) is 2.54. The van der Waals surface area contributed by atoms with E-state index < -0.39 is 0 Å². The number of ether oxygens (including phenoxy) is 1. The first-order chi connectivity index (χ1) is 4.90. The van der Waals surface area contributed by atoms with Gasteiger partial charge in [0.2, 0.25) is 0 Å². The Morgan fingerprint density at radius 1 is 1.30 bits per heavy atom. The van der Waals surface area contributed by atoms with E-state index in [0.717, 1.165) is 31.0 Å². The van der Waals surface area contributed by atoms with Crippen molar-refractivity contribution in [2.24, 2.45) is 17.8 Å². The zero-order chi connectivity index (χ0) is 6.97. The molecule has 1 heterocycles. The van der Waals surface area contributed by atoms with Gasteiger partial charge in [0.05, 0.1) is 0 Å². The molecular weight excluding hydrogens is 124 g/mol. The molecule has 0 spiro atoms. The van der Waals surface area contributed by atoms with Crippen LogP contribution in [0.2, 0.25) is 0 Å². The molecule has 2 bridgehead atoms. The molecule has 0 N–H and O–H groups in total. The highest BCUT2D eigenvalue weighted by Gasteiger charge is 2.36. The fourth-order valence-corrected chi connectivity index (χ4v) is 2.56. The Morgan fingerprint density at radius 3 is 2.90 bits per heavy atom. The van der Waals surface area contributed by atoms with E-state index in [0.29, 0.717) is 0 Å². The predicted molar refractivity (Wildman–Crippen MR) is 40.8 cm³/mol. The van der Waals surface area contributed by atoms with Gasteiger partial charge in [-0.3, -0.25) is 0 Å². The molecule has 0 radical (unpaired) electrons. The summed E-state index contributed by atoms with van der Waals surface area (Å²) in [5.74, 6) is 2.83. The smallest absolute Gasteiger partial charge is 0.0497 e. The van der Waals surface area contributed by atoms with Crippen molar-refractivity contribution in [2.45, 2.75) is 26.2 Å². The van der Waals surface area contributed by atoms with Crippen LogP contribution in [0.5, 0.6) is 0 Å². The maximum Gasteiger partial charge on any atom is 0.0497 e. The zero-order valence-corrected chi connectivity index (χ0v) is 6.68. The van der Waals surface area contributed by atoms with Crippen molar-refractivity contribution in [1.82, 2.24) is 0 Å². The quantitative estimate of drug-likeness (QED) is 0.541. The molecule has 3 atom stereocenters. The van der Waals surface area contributed by atoms with Crippen LogP contribution in [0, 0.1) is 17.8 Å². The van der Waals surface area contributed by atoms with Gasteiger partial charge in [0.1, 0.15) is 0 Å². The van der Waals surface area contributed by atoms with Crippen molar-refractivity contribution in [3.05, 3.63) is 0 Å². The van der Waals surface area contributed by atoms with Gasteiger partial charge in [-0.2, -0.15) is 0 Å². The normalized spacial score (nSPS) is 45.9. The second-order valence-electron chi connectivity index (χ2n) is 3.80. The Kier molecular flexibility index (Phi) is 1.69. The fourth-order valence-electron chi connectivity index (χ4n) is 2.56. The third-order valence-electron chi connectivity index (χ3n) is 3.15. The van der Waals surface area contributed by atoms with E-state index in [4.69, 9.17) is 4.74 Å². The van der Waals surface area contributed by atoms with E-state index in [2.05, 4.69) is 6.92 Å². The van der Waals surface area contributed by atoms with Crippen LogP contribution in [0.1, 0.15) is 26.2 Å². The Hall–Kier alpha value is -0.0400. The van der Waals surface area contributed by atoms with E-state index in [1.807, 2.05) is 0 Å². The Labute approximate surface area is 62.8 Å². The molecule has 1 saturated heterocycles. The maximum absolute atomic E-state index is 5.49. The average Bonchev–Trinajstić information content (AvgIpc) is 2.26. The molecule has 1 aliphatic carbocycles. The molecule has 0 aromatic heterocycles.